The van der Waals surface area contributed by atoms with Crippen molar-refractivity contribution in [1.82, 2.24) is 24.5 Å². The van der Waals surface area contributed by atoms with E-state index in [1.54, 1.807) is 6.20 Å². The van der Waals surface area contributed by atoms with Crippen LogP contribution in [-0.4, -0.2) is 25.1 Å². The summed E-state index contributed by atoms with van der Waals surface area (Å²) >= 11 is 0. The Balaban J connectivity index is 1.67. The van der Waals surface area contributed by atoms with Gasteiger partial charge in [0.1, 0.15) is 17.4 Å². The number of amides is 1. The van der Waals surface area contributed by atoms with Gasteiger partial charge in [-0.15, -0.1) is 0 Å². The van der Waals surface area contributed by atoms with Crippen LogP contribution in [0.2, 0.25) is 0 Å². The highest BCUT2D eigenvalue weighted by Crippen LogP contribution is 2.33. The Morgan fingerprint density at radius 1 is 1.15 bits per heavy atom. The molecule has 1 amide bonds. The lowest BCUT2D eigenvalue weighted by Gasteiger charge is -2.16. The lowest BCUT2D eigenvalue weighted by molar-refractivity contribution is -0.121. The summed E-state index contributed by atoms with van der Waals surface area (Å²) in [6, 6.07) is 12.2. The number of carbonyl (C=O) groups excluding carboxylic acids is 1. The minimum absolute atomic E-state index is 0.0940. The van der Waals surface area contributed by atoms with E-state index in [1.165, 1.54) is 5.56 Å². The standard InChI is InChI=1S/C27H30N6O/c1-3-21-23-13-10-19(16-28)17-33(23)31-26(21)24-15-20-11-12-22-18(2)29-25(34)9-7-5-4-6-8-14-32(24)27(20)30-22/h10-13,15,17-18H,3-9,14H2,1-2H3,(H,29,34)/t18-/m1/s1. The van der Waals surface area contributed by atoms with E-state index in [0.29, 0.717) is 12.0 Å². The maximum Gasteiger partial charge on any atom is 0.220 e. The summed E-state index contributed by atoms with van der Waals surface area (Å²) in [6.45, 7) is 5.01. The van der Waals surface area contributed by atoms with Gasteiger partial charge in [0.15, 0.2) is 0 Å². The van der Waals surface area contributed by atoms with Crippen molar-refractivity contribution in [3.63, 3.8) is 0 Å². The second kappa shape index (κ2) is 9.30. The predicted molar refractivity (Wildman–Crippen MR) is 132 cm³/mol. The molecule has 1 N–H and O–H groups in total. The van der Waals surface area contributed by atoms with Crippen LogP contribution in [0.15, 0.2) is 36.5 Å². The molecule has 174 valence electrons. The summed E-state index contributed by atoms with van der Waals surface area (Å²) in [4.78, 5) is 17.4. The number of pyridine rings is 2. The molecule has 0 aromatic carbocycles. The first-order valence-corrected chi connectivity index (χ1v) is 12.3. The van der Waals surface area contributed by atoms with Gasteiger partial charge >= 0.3 is 0 Å². The van der Waals surface area contributed by atoms with Crippen LogP contribution in [0.3, 0.4) is 0 Å². The highest BCUT2D eigenvalue weighted by molar-refractivity contribution is 5.86. The first-order chi connectivity index (χ1) is 16.6. The van der Waals surface area contributed by atoms with Gasteiger partial charge < -0.3 is 9.88 Å². The topological polar surface area (TPSA) is 88.0 Å². The van der Waals surface area contributed by atoms with Gasteiger partial charge in [0.2, 0.25) is 5.91 Å². The summed E-state index contributed by atoms with van der Waals surface area (Å²) < 4.78 is 4.13. The van der Waals surface area contributed by atoms with Gasteiger partial charge in [-0.2, -0.15) is 10.4 Å². The first kappa shape index (κ1) is 22.1. The molecule has 2 bridgehead atoms. The smallest absolute Gasteiger partial charge is 0.220 e. The fourth-order valence-corrected chi connectivity index (χ4v) is 5.00. The molecule has 0 saturated carbocycles. The van der Waals surface area contributed by atoms with Gasteiger partial charge in [0.25, 0.3) is 0 Å². The Hall–Kier alpha value is -3.66. The molecule has 34 heavy (non-hydrogen) atoms. The number of nitriles is 1. The Labute approximate surface area is 199 Å². The van der Waals surface area contributed by atoms with Gasteiger partial charge in [-0.05, 0) is 56.5 Å². The molecule has 5 rings (SSSR count). The van der Waals surface area contributed by atoms with E-state index in [0.717, 1.165) is 78.7 Å². The molecule has 7 heteroatoms. The summed E-state index contributed by atoms with van der Waals surface area (Å²) in [5.74, 6) is 0.0940. The SMILES string of the molecule is CCc1c(-c2cc3ccc4nc3n2CCCCCCCC(=O)N[C@@H]4C)nn2cc(C#N)ccc12. The van der Waals surface area contributed by atoms with Crippen LogP contribution in [0.25, 0.3) is 27.9 Å². The van der Waals surface area contributed by atoms with Crippen molar-refractivity contribution in [2.24, 2.45) is 0 Å². The van der Waals surface area contributed by atoms with Crippen LogP contribution in [0.5, 0.6) is 0 Å². The lowest BCUT2D eigenvalue weighted by atomic mass is 10.1. The first-order valence-electron chi connectivity index (χ1n) is 12.3. The zero-order chi connectivity index (χ0) is 23.7. The zero-order valence-corrected chi connectivity index (χ0v) is 19.8. The van der Waals surface area contributed by atoms with Crippen LogP contribution >= 0.6 is 0 Å². The number of aromatic nitrogens is 4. The highest BCUT2D eigenvalue weighted by atomic mass is 16.1. The number of nitrogens with one attached hydrogen (secondary N) is 1. The zero-order valence-electron chi connectivity index (χ0n) is 19.8. The largest absolute Gasteiger partial charge is 0.348 e. The molecule has 0 unspecified atom stereocenters. The molecule has 0 spiro atoms. The maximum atomic E-state index is 12.4. The van der Waals surface area contributed by atoms with Crippen LogP contribution in [0.1, 0.15) is 75.2 Å². The summed E-state index contributed by atoms with van der Waals surface area (Å²) in [5.41, 5.74) is 6.59. The number of hydrogen-bond acceptors (Lipinski definition) is 4. The van der Waals surface area contributed by atoms with Crippen molar-refractivity contribution in [3.8, 4) is 17.5 Å². The Morgan fingerprint density at radius 2 is 1.97 bits per heavy atom. The Bertz CT molecular complexity index is 1410. The van der Waals surface area contributed by atoms with Gasteiger partial charge in [0, 0.05) is 30.1 Å². The fraction of sp³-hybridized carbons (Fsp3) is 0.407. The average molecular weight is 455 g/mol. The molecule has 7 nitrogen and oxygen atoms in total. The lowest BCUT2D eigenvalue weighted by Crippen LogP contribution is -2.27. The minimum Gasteiger partial charge on any atom is -0.348 e. The number of hydrogen-bond donors (Lipinski definition) is 1. The number of rotatable bonds is 2. The molecule has 0 saturated heterocycles. The second-order valence-corrected chi connectivity index (χ2v) is 9.18. The third-order valence-corrected chi connectivity index (χ3v) is 6.83. The third-order valence-electron chi connectivity index (χ3n) is 6.83. The van der Waals surface area contributed by atoms with Gasteiger partial charge in [-0.3, -0.25) is 4.79 Å². The number of fused-ring (bicyclic) bond motifs is 2. The molecular formula is C27H30N6O. The second-order valence-electron chi connectivity index (χ2n) is 9.18. The molecule has 0 radical (unpaired) electrons. The number of aryl methyl sites for hydroxylation is 2. The molecule has 1 aliphatic heterocycles. The van der Waals surface area contributed by atoms with Crippen LogP contribution < -0.4 is 5.32 Å². The Morgan fingerprint density at radius 3 is 2.79 bits per heavy atom. The van der Waals surface area contributed by atoms with Crippen LogP contribution in [0, 0.1) is 11.3 Å². The van der Waals surface area contributed by atoms with Gasteiger partial charge in [-0.25, -0.2) is 9.50 Å². The van der Waals surface area contributed by atoms with Crippen molar-refractivity contribution in [2.75, 3.05) is 0 Å². The van der Waals surface area contributed by atoms with Crippen LogP contribution in [-0.2, 0) is 17.8 Å². The molecule has 4 aromatic heterocycles. The molecule has 4 aromatic rings. The van der Waals surface area contributed by atoms with E-state index in [1.807, 2.05) is 29.6 Å². The molecule has 0 fully saturated rings. The van der Waals surface area contributed by atoms with E-state index in [-0.39, 0.29) is 11.9 Å². The quantitative estimate of drug-likeness (QED) is 0.444. The minimum atomic E-state index is -0.141. The van der Waals surface area contributed by atoms with E-state index in [2.05, 4.69) is 35.0 Å². The summed E-state index contributed by atoms with van der Waals surface area (Å²) in [7, 11) is 0. The molecule has 1 aliphatic rings. The predicted octanol–water partition coefficient (Wildman–Crippen LogP) is 5.32. The van der Waals surface area contributed by atoms with Crippen molar-refractivity contribution in [3.05, 3.63) is 53.3 Å². The van der Waals surface area contributed by atoms with E-state index in [4.69, 9.17) is 10.1 Å². The number of carbonyl (C=O) groups is 1. The normalized spacial score (nSPS) is 17.6. The van der Waals surface area contributed by atoms with E-state index in [9.17, 15) is 10.1 Å². The summed E-state index contributed by atoms with van der Waals surface area (Å²) in [5, 5.41) is 18.4. The third kappa shape index (κ3) is 4.05. The van der Waals surface area contributed by atoms with Crippen molar-refractivity contribution < 1.29 is 4.79 Å². The van der Waals surface area contributed by atoms with Gasteiger partial charge in [0.05, 0.1) is 28.5 Å². The van der Waals surface area contributed by atoms with E-state index >= 15 is 0 Å². The average Bonchev–Trinajstić information content (AvgIpc) is 3.39. The number of nitrogens with zero attached hydrogens (tertiary/aromatic N) is 5. The van der Waals surface area contributed by atoms with E-state index < -0.39 is 0 Å². The van der Waals surface area contributed by atoms with Crippen molar-refractivity contribution >= 4 is 22.5 Å². The van der Waals surface area contributed by atoms with Gasteiger partial charge in [-0.1, -0.05) is 26.2 Å². The monoisotopic (exact) mass is 454 g/mol. The molecular weight excluding hydrogens is 424 g/mol. The van der Waals surface area contributed by atoms with Crippen LogP contribution in [0.4, 0.5) is 0 Å². The molecule has 0 aliphatic carbocycles. The highest BCUT2D eigenvalue weighted by Gasteiger charge is 2.21. The molecule has 5 heterocycles. The maximum absolute atomic E-state index is 12.4. The van der Waals surface area contributed by atoms with Crippen molar-refractivity contribution in [1.29, 1.82) is 5.26 Å². The molecule has 1 atom stereocenters. The van der Waals surface area contributed by atoms with Crippen molar-refractivity contribution in [2.45, 2.75) is 71.4 Å². The fourth-order valence-electron chi connectivity index (χ4n) is 5.00. The summed E-state index contributed by atoms with van der Waals surface area (Å²) in [6.07, 6.45) is 8.52. The Kier molecular flexibility index (Phi) is 6.06.